The van der Waals surface area contributed by atoms with Gasteiger partial charge in [-0.2, -0.15) is 13.2 Å². The Balaban J connectivity index is 2.60. The van der Waals surface area contributed by atoms with Crippen LogP contribution in [0, 0.1) is 0 Å². The molecule has 17 heavy (non-hydrogen) atoms. The Labute approximate surface area is 106 Å². The highest BCUT2D eigenvalue weighted by atomic mass is 35.5. The fourth-order valence-electron chi connectivity index (χ4n) is 1.09. The monoisotopic (exact) mass is 285 g/mol. The van der Waals surface area contributed by atoms with Crippen molar-refractivity contribution in [2.24, 2.45) is 0 Å². The Morgan fingerprint density at radius 1 is 1.41 bits per heavy atom. The van der Waals surface area contributed by atoms with Gasteiger partial charge in [-0.3, -0.25) is 0 Å². The molecular weight excluding hydrogens is 275 g/mol. The van der Waals surface area contributed by atoms with Crippen molar-refractivity contribution in [3.63, 3.8) is 0 Å². The summed E-state index contributed by atoms with van der Waals surface area (Å²) < 4.78 is 36.4. The zero-order valence-electron chi connectivity index (χ0n) is 8.67. The fraction of sp³-hybridized carbons (Fsp3) is 0.400. The number of aliphatic hydroxyl groups excluding tert-OH is 1. The zero-order chi connectivity index (χ0) is 12.9. The average Bonchev–Trinajstić information content (AvgIpc) is 2.24. The number of rotatable bonds is 5. The number of hydrogen-bond acceptors (Lipinski definition) is 3. The summed E-state index contributed by atoms with van der Waals surface area (Å²) in [6.45, 7) is 0.198. The summed E-state index contributed by atoms with van der Waals surface area (Å²) in [4.78, 5) is 0.0999. The van der Waals surface area contributed by atoms with Gasteiger partial charge >= 0.3 is 5.51 Å². The fourth-order valence-corrected chi connectivity index (χ4v) is 1.80. The van der Waals surface area contributed by atoms with Crippen molar-refractivity contribution < 1.29 is 18.3 Å². The lowest BCUT2D eigenvalue weighted by Gasteiger charge is -2.11. The molecule has 0 saturated carbocycles. The van der Waals surface area contributed by atoms with Crippen molar-refractivity contribution in [2.75, 3.05) is 17.7 Å². The van der Waals surface area contributed by atoms with Crippen molar-refractivity contribution in [3.8, 4) is 0 Å². The summed E-state index contributed by atoms with van der Waals surface area (Å²) in [5.74, 6) is 0.0734. The predicted octanol–water partition coefficient (Wildman–Crippen LogP) is 3.31. The molecule has 1 aromatic rings. The Bertz CT molecular complexity index is 362. The summed E-state index contributed by atoms with van der Waals surface area (Å²) in [6.07, 6.45) is -0.726. The molecule has 0 bridgehead atoms. The molecule has 2 N–H and O–H groups in total. The quantitative estimate of drug-likeness (QED) is 0.643. The number of hydrogen-bond donors (Lipinski definition) is 2. The SMILES string of the molecule is OC(CCl)CNc1cccc(SC(F)(F)F)c1. The number of alkyl halides is 4. The number of benzene rings is 1. The van der Waals surface area contributed by atoms with Crippen LogP contribution in [0.15, 0.2) is 29.2 Å². The van der Waals surface area contributed by atoms with Crippen LogP contribution < -0.4 is 5.32 Å². The maximum atomic E-state index is 12.1. The molecule has 1 atom stereocenters. The van der Waals surface area contributed by atoms with Crippen LogP contribution in [0.2, 0.25) is 0 Å². The standard InChI is InChI=1S/C10H11ClF3NOS/c11-5-8(16)6-15-7-2-1-3-9(4-7)17-10(12,13)14/h1-4,8,15-16H,5-6H2. The van der Waals surface area contributed by atoms with E-state index in [1.807, 2.05) is 0 Å². The predicted molar refractivity (Wildman–Crippen MR) is 63.6 cm³/mol. The van der Waals surface area contributed by atoms with E-state index >= 15 is 0 Å². The lowest BCUT2D eigenvalue weighted by atomic mass is 10.3. The van der Waals surface area contributed by atoms with E-state index in [1.54, 1.807) is 6.07 Å². The summed E-state index contributed by atoms with van der Waals surface area (Å²) in [5, 5.41) is 12.0. The van der Waals surface area contributed by atoms with Crippen molar-refractivity contribution in [3.05, 3.63) is 24.3 Å². The highest BCUT2D eigenvalue weighted by Crippen LogP contribution is 2.37. The number of halogens is 4. The first-order chi connectivity index (χ1) is 7.90. The second-order valence-corrected chi connectivity index (χ2v) is 4.71. The Morgan fingerprint density at radius 3 is 2.71 bits per heavy atom. The summed E-state index contributed by atoms with van der Waals surface area (Å²) in [6, 6.07) is 5.89. The molecule has 1 rings (SSSR count). The van der Waals surface area contributed by atoms with Crippen LogP contribution in [-0.4, -0.2) is 29.1 Å². The maximum Gasteiger partial charge on any atom is 0.446 e. The summed E-state index contributed by atoms with van der Waals surface area (Å²) >= 11 is 5.22. The zero-order valence-corrected chi connectivity index (χ0v) is 10.2. The van der Waals surface area contributed by atoms with E-state index in [4.69, 9.17) is 11.6 Å². The second kappa shape index (κ2) is 6.37. The van der Waals surface area contributed by atoms with Crippen molar-refractivity contribution in [1.82, 2.24) is 0 Å². The smallest absolute Gasteiger partial charge is 0.390 e. The van der Waals surface area contributed by atoms with Crippen LogP contribution in [0.3, 0.4) is 0 Å². The number of nitrogens with one attached hydrogen (secondary N) is 1. The normalized spacial score (nSPS) is 13.5. The molecule has 0 fully saturated rings. The molecule has 0 aromatic heterocycles. The first kappa shape index (κ1) is 14.5. The molecule has 0 aliphatic heterocycles. The largest absolute Gasteiger partial charge is 0.446 e. The molecule has 1 unspecified atom stereocenters. The van der Waals surface area contributed by atoms with E-state index in [0.717, 1.165) is 0 Å². The van der Waals surface area contributed by atoms with Gasteiger partial charge in [0.05, 0.1) is 12.0 Å². The van der Waals surface area contributed by atoms with Gasteiger partial charge in [0, 0.05) is 17.1 Å². The molecule has 0 radical (unpaired) electrons. The van der Waals surface area contributed by atoms with Crippen LogP contribution in [-0.2, 0) is 0 Å². The van der Waals surface area contributed by atoms with E-state index in [9.17, 15) is 18.3 Å². The molecular formula is C10H11ClF3NOS. The van der Waals surface area contributed by atoms with Crippen LogP contribution >= 0.6 is 23.4 Å². The van der Waals surface area contributed by atoms with Gasteiger partial charge in [-0.05, 0) is 30.0 Å². The topological polar surface area (TPSA) is 32.3 Å². The molecule has 1 aromatic carbocycles. The minimum Gasteiger partial charge on any atom is -0.390 e. The molecule has 0 aliphatic carbocycles. The molecule has 0 amide bonds. The Morgan fingerprint density at radius 2 is 2.12 bits per heavy atom. The van der Waals surface area contributed by atoms with Crippen molar-refractivity contribution in [1.29, 1.82) is 0 Å². The van der Waals surface area contributed by atoms with E-state index in [2.05, 4.69) is 5.32 Å². The first-order valence-corrected chi connectivity index (χ1v) is 6.09. The lowest BCUT2D eigenvalue weighted by molar-refractivity contribution is -0.0328. The molecule has 0 aliphatic rings. The van der Waals surface area contributed by atoms with Gasteiger partial charge in [-0.1, -0.05) is 6.07 Å². The third-order valence-electron chi connectivity index (χ3n) is 1.79. The van der Waals surface area contributed by atoms with Gasteiger partial charge in [0.1, 0.15) is 0 Å². The van der Waals surface area contributed by atoms with Gasteiger partial charge in [0.15, 0.2) is 0 Å². The molecule has 0 spiro atoms. The molecule has 7 heteroatoms. The van der Waals surface area contributed by atoms with Gasteiger partial charge in [-0.15, -0.1) is 11.6 Å². The lowest BCUT2D eigenvalue weighted by Crippen LogP contribution is -2.20. The first-order valence-electron chi connectivity index (χ1n) is 4.74. The van der Waals surface area contributed by atoms with E-state index in [1.165, 1.54) is 18.2 Å². The second-order valence-electron chi connectivity index (χ2n) is 3.26. The van der Waals surface area contributed by atoms with Gasteiger partial charge < -0.3 is 10.4 Å². The van der Waals surface area contributed by atoms with Crippen LogP contribution in [0.5, 0.6) is 0 Å². The highest BCUT2D eigenvalue weighted by Gasteiger charge is 2.29. The summed E-state index contributed by atoms with van der Waals surface area (Å²) in [5.41, 5.74) is -3.78. The van der Waals surface area contributed by atoms with E-state index in [0.29, 0.717) is 5.69 Å². The van der Waals surface area contributed by atoms with Gasteiger partial charge in [0.25, 0.3) is 0 Å². The Kier molecular flexibility index (Phi) is 5.42. The minimum absolute atomic E-state index is 0.0734. The Hall–Kier alpha value is -0.590. The summed E-state index contributed by atoms with van der Waals surface area (Å²) in [7, 11) is 0. The van der Waals surface area contributed by atoms with Crippen LogP contribution in [0.1, 0.15) is 0 Å². The van der Waals surface area contributed by atoms with Crippen LogP contribution in [0.4, 0.5) is 18.9 Å². The number of aliphatic hydroxyl groups is 1. The average molecular weight is 286 g/mol. The molecule has 96 valence electrons. The number of anilines is 1. The van der Waals surface area contributed by atoms with Gasteiger partial charge in [0.2, 0.25) is 0 Å². The van der Waals surface area contributed by atoms with E-state index in [-0.39, 0.29) is 29.1 Å². The van der Waals surface area contributed by atoms with E-state index < -0.39 is 11.6 Å². The molecule has 0 heterocycles. The highest BCUT2D eigenvalue weighted by molar-refractivity contribution is 8.00. The third kappa shape index (κ3) is 6.05. The maximum absolute atomic E-state index is 12.1. The molecule has 2 nitrogen and oxygen atoms in total. The number of thioether (sulfide) groups is 1. The van der Waals surface area contributed by atoms with Gasteiger partial charge in [-0.25, -0.2) is 0 Å². The van der Waals surface area contributed by atoms with Crippen molar-refractivity contribution >= 4 is 29.1 Å². The molecule has 0 saturated heterocycles. The van der Waals surface area contributed by atoms with Crippen molar-refractivity contribution in [2.45, 2.75) is 16.5 Å². The van der Waals surface area contributed by atoms with Crippen LogP contribution in [0.25, 0.3) is 0 Å². The minimum atomic E-state index is -4.30. The third-order valence-corrected chi connectivity index (χ3v) is 2.86.